The number of nitrogens with two attached hydrogens (primary N) is 1. The van der Waals surface area contributed by atoms with E-state index in [1.165, 1.54) is 38.8 Å². The summed E-state index contributed by atoms with van der Waals surface area (Å²) in [7, 11) is 1.80. The van der Waals surface area contributed by atoms with Crippen LogP contribution in [0.4, 0.5) is 0 Å². The van der Waals surface area contributed by atoms with E-state index >= 15 is 0 Å². The van der Waals surface area contributed by atoms with Gasteiger partial charge >= 0.3 is 0 Å². The first kappa shape index (κ1) is 14.5. The SMILES string of the molecule is CNC(C)(CCCN1CCCCCC1)C(N)=O. The van der Waals surface area contributed by atoms with Crippen LogP contribution in [0.5, 0.6) is 0 Å². The Morgan fingerprint density at radius 1 is 1.29 bits per heavy atom. The smallest absolute Gasteiger partial charge is 0.237 e. The highest BCUT2D eigenvalue weighted by molar-refractivity contribution is 5.84. The summed E-state index contributed by atoms with van der Waals surface area (Å²) in [5, 5.41) is 3.03. The standard InChI is InChI=1S/C13H27N3O/c1-13(15-2,12(14)17)8-7-11-16-9-5-3-4-6-10-16/h15H,3-11H2,1-2H3,(H2,14,17). The Morgan fingerprint density at radius 2 is 1.88 bits per heavy atom. The molecular weight excluding hydrogens is 214 g/mol. The molecule has 1 heterocycles. The first-order valence-electron chi connectivity index (χ1n) is 6.80. The molecule has 0 aromatic carbocycles. The van der Waals surface area contributed by atoms with Gasteiger partial charge in [-0.25, -0.2) is 0 Å². The summed E-state index contributed by atoms with van der Waals surface area (Å²) in [5.41, 5.74) is 4.86. The first-order valence-corrected chi connectivity index (χ1v) is 6.80. The zero-order valence-corrected chi connectivity index (χ0v) is 11.3. The number of carbonyl (C=O) groups excluding carboxylic acids is 1. The first-order chi connectivity index (χ1) is 8.08. The van der Waals surface area contributed by atoms with Crippen LogP contribution in [0.15, 0.2) is 0 Å². The molecule has 1 aliphatic heterocycles. The highest BCUT2D eigenvalue weighted by Crippen LogP contribution is 2.14. The van der Waals surface area contributed by atoms with Crippen molar-refractivity contribution < 1.29 is 4.79 Å². The van der Waals surface area contributed by atoms with Crippen molar-refractivity contribution in [3.63, 3.8) is 0 Å². The van der Waals surface area contributed by atoms with Gasteiger partial charge in [-0.1, -0.05) is 12.8 Å². The molecule has 0 aromatic rings. The van der Waals surface area contributed by atoms with E-state index in [2.05, 4.69) is 10.2 Å². The van der Waals surface area contributed by atoms with Crippen LogP contribution in [0.25, 0.3) is 0 Å². The molecule has 0 bridgehead atoms. The molecule has 1 saturated heterocycles. The molecule has 0 aliphatic carbocycles. The van der Waals surface area contributed by atoms with E-state index in [9.17, 15) is 4.79 Å². The fraction of sp³-hybridized carbons (Fsp3) is 0.923. The number of rotatable bonds is 6. The molecule has 1 aliphatic rings. The number of carbonyl (C=O) groups is 1. The average molecular weight is 241 g/mol. The van der Waals surface area contributed by atoms with Crippen LogP contribution >= 0.6 is 0 Å². The lowest BCUT2D eigenvalue weighted by Gasteiger charge is -2.27. The van der Waals surface area contributed by atoms with Gasteiger partial charge in [-0.3, -0.25) is 4.79 Å². The quantitative estimate of drug-likeness (QED) is 0.732. The van der Waals surface area contributed by atoms with Crippen LogP contribution in [0.1, 0.15) is 45.4 Å². The van der Waals surface area contributed by atoms with Crippen LogP contribution in [0.3, 0.4) is 0 Å². The van der Waals surface area contributed by atoms with E-state index in [0.29, 0.717) is 0 Å². The summed E-state index contributed by atoms with van der Waals surface area (Å²) >= 11 is 0. The minimum absolute atomic E-state index is 0.254. The lowest BCUT2D eigenvalue weighted by atomic mass is 9.95. The summed E-state index contributed by atoms with van der Waals surface area (Å²) < 4.78 is 0. The van der Waals surface area contributed by atoms with Gasteiger partial charge in [-0.05, 0) is 59.3 Å². The Hall–Kier alpha value is -0.610. The van der Waals surface area contributed by atoms with Crippen LogP contribution in [0.2, 0.25) is 0 Å². The normalized spacial score (nSPS) is 21.8. The zero-order chi connectivity index (χ0) is 12.7. The van der Waals surface area contributed by atoms with Gasteiger partial charge in [0.05, 0.1) is 5.54 Å². The molecule has 3 N–H and O–H groups in total. The Balaban J connectivity index is 2.28. The van der Waals surface area contributed by atoms with Gasteiger partial charge < -0.3 is 16.0 Å². The molecule has 1 amide bonds. The van der Waals surface area contributed by atoms with E-state index in [1.807, 2.05) is 6.92 Å². The molecule has 17 heavy (non-hydrogen) atoms. The van der Waals surface area contributed by atoms with Crippen LogP contribution in [-0.2, 0) is 4.79 Å². The number of hydrogen-bond acceptors (Lipinski definition) is 3. The number of nitrogens with one attached hydrogen (secondary N) is 1. The maximum absolute atomic E-state index is 11.3. The molecule has 1 rings (SSSR count). The second-order valence-electron chi connectivity index (χ2n) is 5.31. The molecule has 100 valence electrons. The third-order valence-electron chi connectivity index (χ3n) is 3.95. The summed E-state index contributed by atoms with van der Waals surface area (Å²) in [5.74, 6) is -0.254. The van der Waals surface area contributed by atoms with Crippen molar-refractivity contribution in [1.82, 2.24) is 10.2 Å². The van der Waals surface area contributed by atoms with E-state index in [1.54, 1.807) is 7.05 Å². The van der Waals surface area contributed by atoms with Crippen LogP contribution in [0, 0.1) is 0 Å². The molecule has 0 aromatic heterocycles. The highest BCUT2D eigenvalue weighted by Gasteiger charge is 2.28. The molecule has 0 saturated carbocycles. The Bertz CT molecular complexity index is 237. The van der Waals surface area contributed by atoms with E-state index in [0.717, 1.165) is 19.4 Å². The average Bonchev–Trinajstić information content (AvgIpc) is 2.57. The summed E-state index contributed by atoms with van der Waals surface area (Å²) in [4.78, 5) is 13.9. The van der Waals surface area contributed by atoms with Gasteiger partial charge in [0, 0.05) is 0 Å². The van der Waals surface area contributed by atoms with Gasteiger partial charge in [0.25, 0.3) is 0 Å². The minimum Gasteiger partial charge on any atom is -0.368 e. The third-order valence-corrected chi connectivity index (χ3v) is 3.95. The largest absolute Gasteiger partial charge is 0.368 e. The molecular formula is C13H27N3O. The van der Waals surface area contributed by atoms with Crippen molar-refractivity contribution in [2.24, 2.45) is 5.73 Å². The number of nitrogens with zero attached hydrogens (tertiary/aromatic N) is 1. The number of likely N-dealkylation sites (tertiary alicyclic amines) is 1. The second kappa shape index (κ2) is 6.97. The van der Waals surface area contributed by atoms with Gasteiger partial charge in [-0.15, -0.1) is 0 Å². The van der Waals surface area contributed by atoms with E-state index in [-0.39, 0.29) is 5.91 Å². The topological polar surface area (TPSA) is 58.4 Å². The lowest BCUT2D eigenvalue weighted by molar-refractivity contribution is -0.123. The van der Waals surface area contributed by atoms with Crippen molar-refractivity contribution in [2.75, 3.05) is 26.7 Å². The van der Waals surface area contributed by atoms with Crippen molar-refractivity contribution in [2.45, 2.75) is 51.0 Å². The van der Waals surface area contributed by atoms with Crippen molar-refractivity contribution in [1.29, 1.82) is 0 Å². The Kier molecular flexibility index (Phi) is 5.92. The van der Waals surface area contributed by atoms with Gasteiger partial charge in [0.1, 0.15) is 0 Å². The summed E-state index contributed by atoms with van der Waals surface area (Å²) in [6.45, 7) is 5.40. The van der Waals surface area contributed by atoms with Gasteiger partial charge in [-0.2, -0.15) is 0 Å². The minimum atomic E-state index is -0.550. The molecule has 1 atom stereocenters. The third kappa shape index (κ3) is 4.64. The molecule has 1 fully saturated rings. The number of hydrogen-bond donors (Lipinski definition) is 2. The zero-order valence-electron chi connectivity index (χ0n) is 11.3. The Labute approximate surface area is 105 Å². The number of likely N-dealkylation sites (N-methyl/N-ethyl adjacent to an activating group) is 1. The fourth-order valence-corrected chi connectivity index (χ4v) is 2.39. The number of primary amides is 1. The molecule has 4 heteroatoms. The van der Waals surface area contributed by atoms with Gasteiger partial charge in [0.2, 0.25) is 5.91 Å². The Morgan fingerprint density at radius 3 is 2.35 bits per heavy atom. The van der Waals surface area contributed by atoms with Crippen LogP contribution in [-0.4, -0.2) is 43.0 Å². The van der Waals surface area contributed by atoms with E-state index < -0.39 is 5.54 Å². The fourth-order valence-electron chi connectivity index (χ4n) is 2.39. The predicted molar refractivity (Wildman–Crippen MR) is 70.8 cm³/mol. The van der Waals surface area contributed by atoms with Crippen molar-refractivity contribution >= 4 is 5.91 Å². The molecule has 0 spiro atoms. The summed E-state index contributed by atoms with van der Waals surface area (Å²) in [6, 6.07) is 0. The van der Waals surface area contributed by atoms with Crippen molar-refractivity contribution in [3.8, 4) is 0 Å². The summed E-state index contributed by atoms with van der Waals surface area (Å²) in [6.07, 6.45) is 7.21. The highest BCUT2D eigenvalue weighted by atomic mass is 16.1. The predicted octanol–water partition coefficient (Wildman–Crippen LogP) is 1.11. The van der Waals surface area contributed by atoms with Gasteiger partial charge in [0.15, 0.2) is 0 Å². The lowest BCUT2D eigenvalue weighted by Crippen LogP contribution is -2.51. The second-order valence-corrected chi connectivity index (χ2v) is 5.31. The number of amides is 1. The van der Waals surface area contributed by atoms with Crippen molar-refractivity contribution in [3.05, 3.63) is 0 Å². The molecule has 0 radical (unpaired) electrons. The monoisotopic (exact) mass is 241 g/mol. The maximum Gasteiger partial charge on any atom is 0.237 e. The molecule has 4 nitrogen and oxygen atoms in total. The maximum atomic E-state index is 11.3. The van der Waals surface area contributed by atoms with Crippen LogP contribution < -0.4 is 11.1 Å². The van der Waals surface area contributed by atoms with E-state index in [4.69, 9.17) is 5.73 Å². The molecule has 1 unspecified atom stereocenters.